The van der Waals surface area contributed by atoms with Crippen LogP contribution in [0, 0.1) is 0 Å². The highest BCUT2D eigenvalue weighted by molar-refractivity contribution is 5.90. The van der Waals surface area contributed by atoms with Crippen molar-refractivity contribution in [2.24, 2.45) is 0 Å². The van der Waals surface area contributed by atoms with Crippen molar-refractivity contribution in [1.29, 1.82) is 0 Å². The molecule has 0 aliphatic carbocycles. The first kappa shape index (κ1) is 23.0. The largest absolute Gasteiger partial charge is 0.338 e. The molecule has 0 aliphatic heterocycles. The summed E-state index contributed by atoms with van der Waals surface area (Å²) in [5.41, 5.74) is 3.26. The molecule has 0 atom stereocenters. The summed E-state index contributed by atoms with van der Waals surface area (Å²) >= 11 is 0. The number of anilines is 1. The quantitative estimate of drug-likeness (QED) is 0.324. The molecule has 0 saturated heterocycles. The van der Waals surface area contributed by atoms with Crippen LogP contribution >= 0.6 is 0 Å². The molecule has 0 bridgehead atoms. The maximum atomic E-state index is 12.3. The number of hydrogen-bond donors (Lipinski definition) is 2. The molecule has 0 fully saturated rings. The van der Waals surface area contributed by atoms with Gasteiger partial charge in [0.2, 0.25) is 0 Å². The van der Waals surface area contributed by atoms with Crippen molar-refractivity contribution in [3.63, 3.8) is 0 Å². The molecule has 2 rings (SSSR count). The topological polar surface area (TPSA) is 41.1 Å². The minimum atomic E-state index is -0.110. The Kier molecular flexibility index (Phi) is 11.6. The molecule has 0 radical (unpaired) electrons. The summed E-state index contributed by atoms with van der Waals surface area (Å²) in [6.45, 7) is 3.00. The Balaban J connectivity index is 1.59. The number of rotatable bonds is 14. The van der Waals surface area contributed by atoms with Gasteiger partial charge in [0.05, 0.1) is 0 Å². The number of benzene rings is 2. The molecule has 158 valence electrons. The fourth-order valence-electron chi connectivity index (χ4n) is 3.59. The summed E-state index contributed by atoms with van der Waals surface area (Å²) < 4.78 is 0. The minimum Gasteiger partial charge on any atom is -0.338 e. The van der Waals surface area contributed by atoms with E-state index in [0.717, 1.165) is 30.6 Å². The highest BCUT2D eigenvalue weighted by Crippen LogP contribution is 2.19. The van der Waals surface area contributed by atoms with Crippen LogP contribution in [0.5, 0.6) is 0 Å². The second kappa shape index (κ2) is 14.7. The van der Waals surface area contributed by atoms with Crippen LogP contribution in [-0.4, -0.2) is 12.6 Å². The number of unbranched alkanes of at least 4 members (excludes halogenated alkanes) is 9. The van der Waals surface area contributed by atoms with E-state index < -0.39 is 0 Å². The Morgan fingerprint density at radius 2 is 1.31 bits per heavy atom. The summed E-state index contributed by atoms with van der Waals surface area (Å²) in [6.07, 6.45) is 13.9. The molecule has 29 heavy (non-hydrogen) atoms. The van der Waals surface area contributed by atoms with Gasteiger partial charge in [-0.15, -0.1) is 0 Å². The van der Waals surface area contributed by atoms with Crippen LogP contribution in [0.4, 0.5) is 10.5 Å². The van der Waals surface area contributed by atoms with Crippen molar-refractivity contribution in [3.8, 4) is 0 Å². The van der Waals surface area contributed by atoms with Gasteiger partial charge in [-0.3, -0.25) is 0 Å². The Labute approximate surface area is 177 Å². The second-order valence-corrected chi connectivity index (χ2v) is 7.88. The highest BCUT2D eigenvalue weighted by atomic mass is 16.2. The van der Waals surface area contributed by atoms with Gasteiger partial charge < -0.3 is 10.6 Å². The van der Waals surface area contributed by atoms with Crippen LogP contribution in [0.1, 0.15) is 82.3 Å². The lowest BCUT2D eigenvalue weighted by molar-refractivity contribution is 0.252. The normalized spacial score (nSPS) is 10.7. The molecule has 2 amide bonds. The van der Waals surface area contributed by atoms with Crippen LogP contribution in [0.25, 0.3) is 0 Å². The van der Waals surface area contributed by atoms with Gasteiger partial charge in [0.1, 0.15) is 0 Å². The first-order chi connectivity index (χ1) is 14.3. The van der Waals surface area contributed by atoms with Crippen molar-refractivity contribution in [2.45, 2.75) is 77.6 Å². The SMILES string of the molecule is CCCCCCCCCCCCNC(=O)Nc1ccccc1Cc1ccccc1. The van der Waals surface area contributed by atoms with Crippen molar-refractivity contribution in [1.82, 2.24) is 5.32 Å². The summed E-state index contributed by atoms with van der Waals surface area (Å²) in [4.78, 5) is 12.3. The lowest BCUT2D eigenvalue weighted by Crippen LogP contribution is -2.29. The van der Waals surface area contributed by atoms with Crippen LogP contribution in [0.15, 0.2) is 54.6 Å². The van der Waals surface area contributed by atoms with Crippen molar-refractivity contribution in [2.75, 3.05) is 11.9 Å². The molecular weight excluding hydrogens is 356 g/mol. The van der Waals surface area contributed by atoms with E-state index in [1.807, 2.05) is 36.4 Å². The molecule has 2 N–H and O–H groups in total. The fraction of sp³-hybridized carbons (Fsp3) is 0.500. The number of urea groups is 1. The molecule has 3 heteroatoms. The number of nitrogens with one attached hydrogen (secondary N) is 2. The molecule has 0 spiro atoms. The van der Waals surface area contributed by atoms with Crippen LogP contribution in [0.3, 0.4) is 0 Å². The minimum absolute atomic E-state index is 0.110. The standard InChI is InChI=1S/C26H38N2O/c1-2-3-4-5-6-7-8-9-10-16-21-27-26(29)28-25-20-15-14-19-24(25)22-23-17-12-11-13-18-23/h11-15,17-20H,2-10,16,21-22H2,1H3,(H2,27,28,29). The van der Waals surface area contributed by atoms with Gasteiger partial charge in [0.15, 0.2) is 0 Å². The number of para-hydroxylation sites is 1. The number of carbonyl (C=O) groups excluding carboxylic acids is 1. The first-order valence-electron chi connectivity index (χ1n) is 11.5. The van der Waals surface area contributed by atoms with Crippen LogP contribution in [0.2, 0.25) is 0 Å². The van der Waals surface area contributed by atoms with E-state index in [1.54, 1.807) is 0 Å². The van der Waals surface area contributed by atoms with Crippen molar-refractivity contribution in [3.05, 3.63) is 65.7 Å². The predicted molar refractivity (Wildman–Crippen MR) is 125 cm³/mol. The summed E-state index contributed by atoms with van der Waals surface area (Å²) in [7, 11) is 0. The molecule has 3 nitrogen and oxygen atoms in total. The van der Waals surface area contributed by atoms with Gasteiger partial charge in [-0.1, -0.05) is 113 Å². The van der Waals surface area contributed by atoms with Gasteiger partial charge in [-0.2, -0.15) is 0 Å². The molecule has 0 aromatic heterocycles. The molecule has 2 aromatic carbocycles. The molecule has 0 heterocycles. The lowest BCUT2D eigenvalue weighted by Gasteiger charge is -2.12. The van der Waals surface area contributed by atoms with E-state index in [9.17, 15) is 4.79 Å². The summed E-state index contributed by atoms with van der Waals surface area (Å²) in [6, 6.07) is 18.3. The highest BCUT2D eigenvalue weighted by Gasteiger charge is 2.06. The predicted octanol–water partition coefficient (Wildman–Crippen LogP) is 7.32. The van der Waals surface area contributed by atoms with Crippen LogP contribution < -0.4 is 10.6 Å². The van der Waals surface area contributed by atoms with Crippen molar-refractivity contribution < 1.29 is 4.79 Å². The first-order valence-corrected chi connectivity index (χ1v) is 11.5. The lowest BCUT2D eigenvalue weighted by atomic mass is 10.0. The molecule has 0 unspecified atom stereocenters. The van der Waals surface area contributed by atoms with Gasteiger partial charge in [0, 0.05) is 12.2 Å². The molecular formula is C26H38N2O. The average molecular weight is 395 g/mol. The third-order valence-corrected chi connectivity index (χ3v) is 5.32. The van der Waals surface area contributed by atoms with E-state index in [4.69, 9.17) is 0 Å². The smallest absolute Gasteiger partial charge is 0.319 e. The molecule has 2 aromatic rings. The van der Waals surface area contributed by atoms with Crippen LogP contribution in [-0.2, 0) is 6.42 Å². The van der Waals surface area contributed by atoms with Gasteiger partial charge in [-0.05, 0) is 30.0 Å². The number of carbonyl (C=O) groups is 1. The summed E-state index contributed by atoms with van der Waals surface area (Å²) in [5, 5.41) is 6.01. The number of hydrogen-bond acceptors (Lipinski definition) is 1. The van der Waals surface area contributed by atoms with E-state index in [1.165, 1.54) is 63.4 Å². The Hall–Kier alpha value is -2.29. The van der Waals surface area contributed by atoms with Gasteiger partial charge >= 0.3 is 6.03 Å². The van der Waals surface area contributed by atoms with E-state index >= 15 is 0 Å². The van der Waals surface area contributed by atoms with E-state index in [-0.39, 0.29) is 6.03 Å². The third-order valence-electron chi connectivity index (χ3n) is 5.32. The van der Waals surface area contributed by atoms with Gasteiger partial charge in [0.25, 0.3) is 0 Å². The zero-order valence-electron chi connectivity index (χ0n) is 18.1. The Morgan fingerprint density at radius 3 is 2.00 bits per heavy atom. The monoisotopic (exact) mass is 394 g/mol. The Bertz CT molecular complexity index is 684. The van der Waals surface area contributed by atoms with Crippen molar-refractivity contribution >= 4 is 11.7 Å². The average Bonchev–Trinajstić information content (AvgIpc) is 2.74. The Morgan fingerprint density at radius 1 is 0.724 bits per heavy atom. The maximum absolute atomic E-state index is 12.3. The zero-order chi connectivity index (χ0) is 20.6. The number of amides is 2. The van der Waals surface area contributed by atoms with E-state index in [2.05, 4.69) is 35.8 Å². The second-order valence-electron chi connectivity index (χ2n) is 7.88. The third kappa shape index (κ3) is 10.2. The van der Waals surface area contributed by atoms with Gasteiger partial charge in [-0.25, -0.2) is 4.79 Å². The molecule has 0 saturated carbocycles. The zero-order valence-corrected chi connectivity index (χ0v) is 18.1. The maximum Gasteiger partial charge on any atom is 0.319 e. The fourth-order valence-corrected chi connectivity index (χ4v) is 3.59. The summed E-state index contributed by atoms with van der Waals surface area (Å²) in [5.74, 6) is 0. The van der Waals surface area contributed by atoms with E-state index in [0.29, 0.717) is 0 Å². The molecule has 0 aliphatic rings.